The van der Waals surface area contributed by atoms with E-state index in [0.717, 1.165) is 6.42 Å². The van der Waals surface area contributed by atoms with Gasteiger partial charge in [0.15, 0.2) is 17.2 Å². The number of nitrogens with zero attached hydrogens (tertiary/aromatic N) is 1. The Morgan fingerprint density at radius 1 is 1.48 bits per heavy atom. The van der Waals surface area contributed by atoms with Crippen LogP contribution in [-0.2, 0) is 9.53 Å². The Balaban J connectivity index is 2.66. The predicted molar refractivity (Wildman–Crippen MR) is 84.4 cm³/mol. The zero-order chi connectivity index (χ0) is 17.4. The minimum Gasteiger partial charge on any atom is -0.503 e. The van der Waals surface area contributed by atoms with Gasteiger partial charge in [0, 0.05) is 12.3 Å². The standard InChI is InChI=1S/C16H22N2O5/c1-5-6-7-10(2)23-16(21)11(3)18-15(20)13-14(19)12(22-4)8-9-17-13/h5,8-11,19H,1,6-7H2,2-4H3,(H,18,20)/t10?,11-/m0/s1. The van der Waals surface area contributed by atoms with Gasteiger partial charge in [0.25, 0.3) is 5.91 Å². The number of esters is 1. The largest absolute Gasteiger partial charge is 0.503 e. The molecule has 126 valence electrons. The molecule has 1 unspecified atom stereocenters. The van der Waals surface area contributed by atoms with Crippen molar-refractivity contribution < 1.29 is 24.2 Å². The van der Waals surface area contributed by atoms with Crippen molar-refractivity contribution in [2.45, 2.75) is 38.8 Å². The van der Waals surface area contributed by atoms with E-state index in [-0.39, 0.29) is 23.3 Å². The van der Waals surface area contributed by atoms with E-state index in [0.29, 0.717) is 6.42 Å². The van der Waals surface area contributed by atoms with E-state index in [2.05, 4.69) is 16.9 Å². The van der Waals surface area contributed by atoms with Crippen molar-refractivity contribution >= 4 is 11.9 Å². The normalized spacial score (nSPS) is 12.8. The molecule has 0 radical (unpaired) electrons. The van der Waals surface area contributed by atoms with Crippen molar-refractivity contribution in [3.8, 4) is 11.5 Å². The van der Waals surface area contributed by atoms with Gasteiger partial charge in [-0.25, -0.2) is 9.78 Å². The third kappa shape index (κ3) is 5.28. The van der Waals surface area contributed by atoms with Crippen LogP contribution in [-0.4, -0.2) is 41.2 Å². The Bertz CT molecular complexity index is 574. The second-order valence-electron chi connectivity index (χ2n) is 5.02. The predicted octanol–water partition coefficient (Wildman–Crippen LogP) is 1.81. The van der Waals surface area contributed by atoms with Gasteiger partial charge in [-0.1, -0.05) is 6.08 Å². The quantitative estimate of drug-likeness (QED) is 0.559. The number of rotatable bonds is 8. The molecule has 0 saturated heterocycles. The molecule has 1 aromatic heterocycles. The number of nitrogens with one attached hydrogen (secondary N) is 1. The first kappa shape index (κ1) is 18.5. The maximum Gasteiger partial charge on any atom is 0.328 e. The first-order valence-electron chi connectivity index (χ1n) is 7.24. The Morgan fingerprint density at radius 2 is 2.17 bits per heavy atom. The summed E-state index contributed by atoms with van der Waals surface area (Å²) in [5.41, 5.74) is -0.219. The van der Waals surface area contributed by atoms with Crippen LogP contribution in [0.5, 0.6) is 11.5 Å². The Hall–Kier alpha value is -2.57. The molecule has 1 aromatic rings. The Kier molecular flexibility index (Phi) is 7.05. The lowest BCUT2D eigenvalue weighted by Gasteiger charge is -2.17. The fourth-order valence-corrected chi connectivity index (χ4v) is 1.80. The number of carbonyl (C=O) groups is 2. The fourth-order valence-electron chi connectivity index (χ4n) is 1.80. The van der Waals surface area contributed by atoms with Crippen LogP contribution in [0.3, 0.4) is 0 Å². The van der Waals surface area contributed by atoms with Gasteiger partial charge in [-0.2, -0.15) is 0 Å². The number of carbonyl (C=O) groups excluding carboxylic acids is 2. The first-order chi connectivity index (χ1) is 10.9. The van der Waals surface area contributed by atoms with E-state index >= 15 is 0 Å². The topological polar surface area (TPSA) is 97.8 Å². The van der Waals surface area contributed by atoms with Crippen LogP contribution in [0.25, 0.3) is 0 Å². The van der Waals surface area contributed by atoms with Crippen LogP contribution in [0.15, 0.2) is 24.9 Å². The van der Waals surface area contributed by atoms with Crippen molar-refractivity contribution in [3.63, 3.8) is 0 Å². The number of ether oxygens (including phenoxy) is 2. The smallest absolute Gasteiger partial charge is 0.328 e. The van der Waals surface area contributed by atoms with Crippen LogP contribution in [0.2, 0.25) is 0 Å². The zero-order valence-corrected chi connectivity index (χ0v) is 13.5. The third-order valence-electron chi connectivity index (χ3n) is 3.12. The van der Waals surface area contributed by atoms with E-state index in [9.17, 15) is 14.7 Å². The van der Waals surface area contributed by atoms with Crippen LogP contribution in [0, 0.1) is 0 Å². The van der Waals surface area contributed by atoms with Crippen molar-refractivity contribution in [3.05, 3.63) is 30.6 Å². The molecule has 0 aliphatic heterocycles. The summed E-state index contributed by atoms with van der Waals surface area (Å²) < 4.78 is 10.1. The number of hydrogen-bond acceptors (Lipinski definition) is 6. The summed E-state index contributed by atoms with van der Waals surface area (Å²) in [6.07, 6.45) is 4.19. The van der Waals surface area contributed by atoms with Crippen molar-refractivity contribution in [2.75, 3.05) is 7.11 Å². The number of amides is 1. The molecule has 1 heterocycles. The molecule has 0 spiro atoms. The number of aromatic nitrogens is 1. The summed E-state index contributed by atoms with van der Waals surface area (Å²) in [5.74, 6) is -1.51. The number of hydrogen-bond donors (Lipinski definition) is 2. The Labute approximate surface area is 135 Å². The monoisotopic (exact) mass is 322 g/mol. The van der Waals surface area contributed by atoms with Crippen LogP contribution in [0.4, 0.5) is 0 Å². The maximum atomic E-state index is 12.1. The molecule has 2 atom stereocenters. The summed E-state index contributed by atoms with van der Waals surface area (Å²) in [5, 5.41) is 12.3. The highest BCUT2D eigenvalue weighted by Crippen LogP contribution is 2.27. The molecule has 1 rings (SSSR count). The second-order valence-corrected chi connectivity index (χ2v) is 5.02. The number of pyridine rings is 1. The van der Waals surface area contributed by atoms with Gasteiger partial charge in [-0.3, -0.25) is 4.79 Å². The summed E-state index contributed by atoms with van der Waals surface area (Å²) >= 11 is 0. The molecule has 1 amide bonds. The maximum absolute atomic E-state index is 12.1. The highest BCUT2D eigenvalue weighted by atomic mass is 16.5. The number of allylic oxidation sites excluding steroid dienone is 1. The van der Waals surface area contributed by atoms with E-state index < -0.39 is 17.9 Å². The summed E-state index contributed by atoms with van der Waals surface area (Å²) in [7, 11) is 1.36. The minimum atomic E-state index is -0.874. The summed E-state index contributed by atoms with van der Waals surface area (Å²) in [6.45, 7) is 6.87. The van der Waals surface area contributed by atoms with E-state index in [1.807, 2.05) is 0 Å². The first-order valence-corrected chi connectivity index (χ1v) is 7.24. The lowest BCUT2D eigenvalue weighted by atomic mass is 10.2. The lowest BCUT2D eigenvalue weighted by Crippen LogP contribution is -2.41. The van der Waals surface area contributed by atoms with Gasteiger partial charge in [0.2, 0.25) is 0 Å². The average molecular weight is 322 g/mol. The zero-order valence-electron chi connectivity index (χ0n) is 13.5. The van der Waals surface area contributed by atoms with Gasteiger partial charge < -0.3 is 19.9 Å². The molecule has 0 bridgehead atoms. The lowest BCUT2D eigenvalue weighted by molar-refractivity contribution is -0.150. The molecular weight excluding hydrogens is 300 g/mol. The van der Waals surface area contributed by atoms with Crippen LogP contribution in [0.1, 0.15) is 37.2 Å². The molecule has 0 saturated carbocycles. The van der Waals surface area contributed by atoms with E-state index in [1.54, 1.807) is 13.0 Å². The number of methoxy groups -OCH3 is 1. The fraction of sp³-hybridized carbons (Fsp3) is 0.438. The molecule has 0 aromatic carbocycles. The van der Waals surface area contributed by atoms with Crippen molar-refractivity contribution in [1.29, 1.82) is 0 Å². The van der Waals surface area contributed by atoms with Gasteiger partial charge in [-0.15, -0.1) is 6.58 Å². The molecule has 2 N–H and O–H groups in total. The van der Waals surface area contributed by atoms with E-state index in [4.69, 9.17) is 9.47 Å². The summed E-state index contributed by atoms with van der Waals surface area (Å²) in [6, 6.07) is 0.548. The molecule has 23 heavy (non-hydrogen) atoms. The average Bonchev–Trinajstić information content (AvgIpc) is 2.52. The molecular formula is C16H22N2O5. The van der Waals surface area contributed by atoms with Crippen molar-refractivity contribution in [2.24, 2.45) is 0 Å². The second kappa shape index (κ2) is 8.77. The van der Waals surface area contributed by atoms with Gasteiger partial charge in [0.1, 0.15) is 6.04 Å². The van der Waals surface area contributed by atoms with E-state index in [1.165, 1.54) is 26.3 Å². The molecule has 0 aliphatic carbocycles. The van der Waals surface area contributed by atoms with Crippen LogP contribution < -0.4 is 10.1 Å². The third-order valence-corrected chi connectivity index (χ3v) is 3.12. The van der Waals surface area contributed by atoms with Crippen LogP contribution >= 0.6 is 0 Å². The van der Waals surface area contributed by atoms with Gasteiger partial charge in [0.05, 0.1) is 13.2 Å². The highest BCUT2D eigenvalue weighted by molar-refractivity contribution is 5.97. The summed E-state index contributed by atoms with van der Waals surface area (Å²) in [4.78, 5) is 27.8. The highest BCUT2D eigenvalue weighted by Gasteiger charge is 2.23. The van der Waals surface area contributed by atoms with Gasteiger partial charge >= 0.3 is 5.97 Å². The Morgan fingerprint density at radius 3 is 2.78 bits per heavy atom. The molecule has 7 heteroatoms. The molecule has 7 nitrogen and oxygen atoms in total. The van der Waals surface area contributed by atoms with Crippen molar-refractivity contribution in [1.82, 2.24) is 10.3 Å². The molecule has 0 aliphatic rings. The SMILES string of the molecule is C=CCCC(C)OC(=O)[C@H](C)NC(=O)c1nccc(OC)c1O. The molecule has 0 fully saturated rings. The minimum absolute atomic E-state index is 0.124. The van der Waals surface area contributed by atoms with Gasteiger partial charge in [-0.05, 0) is 26.7 Å². The number of aromatic hydroxyl groups is 1.